The van der Waals surface area contributed by atoms with Crippen molar-refractivity contribution in [3.63, 3.8) is 0 Å². The smallest absolute Gasteiger partial charge is 0.482 e. The Morgan fingerprint density at radius 1 is 1.12 bits per heavy atom. The summed E-state index contributed by atoms with van der Waals surface area (Å²) in [7, 11) is 0. The van der Waals surface area contributed by atoms with E-state index < -0.39 is 24.7 Å². The molecule has 15 heteroatoms. The first kappa shape index (κ1) is 30.6. The van der Waals surface area contributed by atoms with Gasteiger partial charge < -0.3 is 29.7 Å². The van der Waals surface area contributed by atoms with E-state index in [1.165, 1.54) is 0 Å². The van der Waals surface area contributed by atoms with Crippen LogP contribution in [0.1, 0.15) is 28.8 Å². The molecule has 0 unspecified atom stereocenters. The number of hydrogen-bond acceptors (Lipinski definition) is 8. The molecule has 4 rings (SSSR count). The van der Waals surface area contributed by atoms with Crippen molar-refractivity contribution in [1.29, 1.82) is 0 Å². The van der Waals surface area contributed by atoms with Gasteiger partial charge in [0.2, 0.25) is 5.91 Å². The first-order chi connectivity index (χ1) is 18.9. The molecule has 3 N–H and O–H groups in total. The van der Waals surface area contributed by atoms with Gasteiger partial charge in [-0.25, -0.2) is 14.6 Å². The van der Waals surface area contributed by atoms with Crippen LogP contribution in [0.4, 0.5) is 13.2 Å². The summed E-state index contributed by atoms with van der Waals surface area (Å²) in [4.78, 5) is 53.4. The number of ether oxygens (including phenoxy) is 1. The van der Waals surface area contributed by atoms with Crippen LogP contribution in [0.25, 0.3) is 0 Å². The Morgan fingerprint density at radius 2 is 1.82 bits per heavy atom. The normalized spacial score (nSPS) is 16.7. The van der Waals surface area contributed by atoms with Crippen molar-refractivity contribution in [2.24, 2.45) is 0 Å². The second-order valence-electron chi connectivity index (χ2n) is 9.23. The largest absolute Gasteiger partial charge is 0.490 e. The number of aliphatic carboxylic acids is 2. The van der Waals surface area contributed by atoms with Crippen LogP contribution in [0.15, 0.2) is 36.9 Å². The highest BCUT2D eigenvalue weighted by molar-refractivity contribution is 6.00. The molecule has 40 heavy (non-hydrogen) atoms. The van der Waals surface area contributed by atoms with Gasteiger partial charge in [0.05, 0.1) is 26.0 Å². The number of rotatable bonds is 9. The number of halogens is 3. The lowest BCUT2D eigenvalue weighted by atomic mass is 10.0. The second kappa shape index (κ2) is 13.9. The minimum atomic E-state index is -5.08. The minimum absolute atomic E-state index is 0.0202. The summed E-state index contributed by atoms with van der Waals surface area (Å²) >= 11 is 0. The highest BCUT2D eigenvalue weighted by Gasteiger charge is 2.38. The van der Waals surface area contributed by atoms with Crippen molar-refractivity contribution in [3.8, 4) is 5.75 Å². The molecule has 2 aliphatic heterocycles. The standard InChI is InChI=1S/C23H29N5O5.C2HF3O2/c29-20(13-28-10-9-27(14-22(28)30)19-3-5-24-6-4-19)17-1-2-21(33-15-23(31)32)18(11-17)12-26-8-7-25-16-26;3-2(4,5)1(6)7/h1-2,7-8,11,16,19,24H,3-6,9-10,12-15H2,(H,31,32);(H,6,7). The molecule has 2 aliphatic rings. The van der Waals surface area contributed by atoms with E-state index in [0.29, 0.717) is 42.6 Å². The Hall–Kier alpha value is -3.98. The van der Waals surface area contributed by atoms with Gasteiger partial charge >= 0.3 is 18.1 Å². The number of carboxylic acid groups (broad SMARTS) is 2. The van der Waals surface area contributed by atoms with Crippen molar-refractivity contribution in [2.45, 2.75) is 31.6 Å². The summed E-state index contributed by atoms with van der Waals surface area (Å²) in [6.45, 7) is 3.55. The van der Waals surface area contributed by atoms with E-state index in [9.17, 15) is 27.6 Å². The van der Waals surface area contributed by atoms with Gasteiger partial charge in [-0.2, -0.15) is 13.2 Å². The Balaban J connectivity index is 0.000000559. The maximum absolute atomic E-state index is 13.0. The van der Waals surface area contributed by atoms with Crippen molar-refractivity contribution < 1.29 is 47.3 Å². The SMILES string of the molecule is O=C(O)C(F)(F)F.O=C(O)COc1ccc(C(=O)CN2CCN(C3CCNCC3)CC2=O)cc1Cn1ccnc1. The molecule has 12 nitrogen and oxygen atoms in total. The summed E-state index contributed by atoms with van der Waals surface area (Å²) in [5.41, 5.74) is 1.13. The van der Waals surface area contributed by atoms with Crippen molar-refractivity contribution in [2.75, 3.05) is 45.9 Å². The number of amides is 1. The fourth-order valence-electron chi connectivity index (χ4n) is 4.38. The molecule has 2 fully saturated rings. The summed E-state index contributed by atoms with van der Waals surface area (Å²) in [6.07, 6.45) is 2.05. The molecule has 2 aromatic rings. The quantitative estimate of drug-likeness (QED) is 0.374. The molecular formula is C25H30F3N5O7. The van der Waals surface area contributed by atoms with E-state index >= 15 is 0 Å². The van der Waals surface area contributed by atoms with E-state index in [-0.39, 0.29) is 18.2 Å². The van der Waals surface area contributed by atoms with Crippen LogP contribution in [0, 0.1) is 0 Å². The number of Topliss-reactive ketones (excluding diaryl/α,β-unsaturated/α-hetero) is 1. The number of carbonyl (C=O) groups excluding carboxylic acids is 2. The van der Waals surface area contributed by atoms with Crippen LogP contribution in [0.2, 0.25) is 0 Å². The number of alkyl halides is 3. The van der Waals surface area contributed by atoms with Gasteiger partial charge in [-0.05, 0) is 44.1 Å². The van der Waals surface area contributed by atoms with Gasteiger partial charge in [-0.1, -0.05) is 0 Å². The van der Waals surface area contributed by atoms with Crippen molar-refractivity contribution >= 4 is 23.6 Å². The molecule has 2 saturated heterocycles. The third-order valence-electron chi connectivity index (χ3n) is 6.40. The Morgan fingerprint density at radius 3 is 2.40 bits per heavy atom. The van der Waals surface area contributed by atoms with Gasteiger partial charge in [0.25, 0.3) is 0 Å². The highest BCUT2D eigenvalue weighted by Crippen LogP contribution is 2.23. The Labute approximate surface area is 227 Å². The van der Waals surface area contributed by atoms with Gasteiger partial charge in [-0.3, -0.25) is 14.5 Å². The second-order valence-corrected chi connectivity index (χ2v) is 9.23. The maximum Gasteiger partial charge on any atom is 0.490 e. The number of piperazine rings is 1. The third-order valence-corrected chi connectivity index (χ3v) is 6.40. The zero-order valence-electron chi connectivity index (χ0n) is 21.5. The number of aromatic nitrogens is 2. The number of imidazole rings is 1. The zero-order chi connectivity index (χ0) is 29.3. The number of ketones is 1. The number of nitrogens with one attached hydrogen (secondary N) is 1. The predicted molar refractivity (Wildman–Crippen MR) is 133 cm³/mol. The number of nitrogens with zero attached hydrogens (tertiary/aromatic N) is 4. The van der Waals surface area contributed by atoms with Gasteiger partial charge in [-0.15, -0.1) is 0 Å². The average Bonchev–Trinajstić information content (AvgIpc) is 3.42. The maximum atomic E-state index is 13.0. The lowest BCUT2D eigenvalue weighted by Gasteiger charge is -2.40. The number of hydrogen-bond donors (Lipinski definition) is 3. The molecule has 0 saturated carbocycles. The first-order valence-corrected chi connectivity index (χ1v) is 12.4. The molecular weight excluding hydrogens is 539 g/mol. The van der Waals surface area contributed by atoms with Crippen LogP contribution >= 0.6 is 0 Å². The molecule has 0 atom stereocenters. The summed E-state index contributed by atoms with van der Waals surface area (Å²) in [5.74, 6) is -3.61. The lowest BCUT2D eigenvalue weighted by Crippen LogP contribution is -2.56. The molecule has 1 aromatic heterocycles. The van der Waals surface area contributed by atoms with E-state index in [4.69, 9.17) is 19.7 Å². The molecule has 218 valence electrons. The van der Waals surface area contributed by atoms with E-state index in [2.05, 4.69) is 15.2 Å². The summed E-state index contributed by atoms with van der Waals surface area (Å²) in [5, 5.41) is 19.4. The highest BCUT2D eigenvalue weighted by atomic mass is 19.4. The number of piperidine rings is 1. The molecule has 1 amide bonds. The van der Waals surface area contributed by atoms with Crippen LogP contribution in [-0.2, 0) is 20.9 Å². The van der Waals surface area contributed by atoms with E-state index in [1.54, 1.807) is 46.4 Å². The fraction of sp³-hybridized carbons (Fsp3) is 0.480. The Kier molecular flexibility index (Phi) is 10.6. The fourth-order valence-corrected chi connectivity index (χ4v) is 4.38. The molecule has 0 radical (unpaired) electrons. The van der Waals surface area contributed by atoms with Gasteiger partial charge in [0.1, 0.15) is 5.75 Å². The van der Waals surface area contributed by atoms with Crippen LogP contribution in [0.3, 0.4) is 0 Å². The van der Waals surface area contributed by atoms with Crippen LogP contribution in [0.5, 0.6) is 5.75 Å². The zero-order valence-corrected chi connectivity index (χ0v) is 21.5. The van der Waals surface area contributed by atoms with E-state index in [1.807, 2.05) is 0 Å². The van der Waals surface area contributed by atoms with Crippen molar-refractivity contribution in [1.82, 2.24) is 24.7 Å². The monoisotopic (exact) mass is 569 g/mol. The number of carboxylic acids is 2. The number of carbonyl (C=O) groups is 4. The predicted octanol–water partition coefficient (Wildman–Crippen LogP) is 1.11. The number of benzene rings is 1. The van der Waals surface area contributed by atoms with Gasteiger partial charge in [0, 0.05) is 42.7 Å². The molecule has 0 bridgehead atoms. The van der Waals surface area contributed by atoms with Crippen LogP contribution in [-0.4, -0.2) is 111 Å². The lowest BCUT2D eigenvalue weighted by molar-refractivity contribution is -0.192. The summed E-state index contributed by atoms with van der Waals surface area (Å²) < 4.78 is 38.9. The Bertz CT molecular complexity index is 1180. The third kappa shape index (κ3) is 9.05. The average molecular weight is 570 g/mol. The van der Waals surface area contributed by atoms with Crippen molar-refractivity contribution in [3.05, 3.63) is 48.0 Å². The van der Waals surface area contributed by atoms with E-state index in [0.717, 1.165) is 32.5 Å². The molecule has 0 spiro atoms. The minimum Gasteiger partial charge on any atom is -0.482 e. The summed E-state index contributed by atoms with van der Waals surface area (Å²) in [6, 6.07) is 5.36. The molecule has 3 heterocycles. The molecule has 1 aromatic carbocycles. The van der Waals surface area contributed by atoms with Crippen LogP contribution < -0.4 is 10.1 Å². The molecule has 0 aliphatic carbocycles. The first-order valence-electron chi connectivity index (χ1n) is 12.4. The van der Waals surface area contributed by atoms with Gasteiger partial charge in [0.15, 0.2) is 12.4 Å². The topological polar surface area (TPSA) is 154 Å².